The SMILES string of the molecule is Cl.NC1(C(=O)N2CCc3sccc3C2)CCC1. The van der Waals surface area contributed by atoms with Gasteiger partial charge in [-0.05, 0) is 42.7 Å². The smallest absolute Gasteiger partial charge is 0.242 e. The van der Waals surface area contributed by atoms with Gasteiger partial charge in [-0.2, -0.15) is 0 Å². The van der Waals surface area contributed by atoms with Crippen molar-refractivity contribution in [1.82, 2.24) is 4.90 Å². The van der Waals surface area contributed by atoms with Crippen LogP contribution in [0.3, 0.4) is 0 Å². The van der Waals surface area contributed by atoms with Crippen molar-refractivity contribution in [3.05, 3.63) is 21.9 Å². The highest BCUT2D eigenvalue weighted by Crippen LogP contribution is 2.33. The van der Waals surface area contributed by atoms with Crippen molar-refractivity contribution in [3.8, 4) is 0 Å². The lowest BCUT2D eigenvalue weighted by Crippen LogP contribution is -2.60. The van der Waals surface area contributed by atoms with Crippen LogP contribution in [-0.2, 0) is 17.8 Å². The van der Waals surface area contributed by atoms with E-state index in [0.29, 0.717) is 0 Å². The van der Waals surface area contributed by atoms with E-state index in [0.717, 1.165) is 38.8 Å². The van der Waals surface area contributed by atoms with Crippen LogP contribution in [0.2, 0.25) is 0 Å². The van der Waals surface area contributed by atoms with Gasteiger partial charge in [0.25, 0.3) is 0 Å². The fourth-order valence-electron chi connectivity index (χ4n) is 2.51. The Hall–Kier alpha value is -0.580. The molecule has 0 radical (unpaired) electrons. The summed E-state index contributed by atoms with van der Waals surface area (Å²) in [5, 5.41) is 2.11. The van der Waals surface area contributed by atoms with E-state index in [2.05, 4.69) is 11.4 Å². The first-order valence-electron chi connectivity index (χ1n) is 5.82. The number of hydrogen-bond donors (Lipinski definition) is 1. The number of nitrogens with two attached hydrogens (primary N) is 1. The van der Waals surface area contributed by atoms with Gasteiger partial charge in [-0.3, -0.25) is 4.79 Å². The maximum atomic E-state index is 12.2. The molecular formula is C12H17ClN2OS. The van der Waals surface area contributed by atoms with Crippen LogP contribution in [0.1, 0.15) is 29.7 Å². The van der Waals surface area contributed by atoms with Crippen LogP contribution in [-0.4, -0.2) is 22.9 Å². The number of hydrogen-bond acceptors (Lipinski definition) is 3. The zero-order valence-electron chi connectivity index (χ0n) is 9.65. The Kier molecular flexibility index (Phi) is 3.48. The summed E-state index contributed by atoms with van der Waals surface area (Å²) in [7, 11) is 0. The quantitative estimate of drug-likeness (QED) is 0.849. The molecule has 2 aliphatic rings. The summed E-state index contributed by atoms with van der Waals surface area (Å²) >= 11 is 1.80. The van der Waals surface area contributed by atoms with Crippen molar-refractivity contribution < 1.29 is 4.79 Å². The van der Waals surface area contributed by atoms with Gasteiger partial charge in [0.15, 0.2) is 0 Å². The first-order valence-corrected chi connectivity index (χ1v) is 6.70. The second-order valence-electron chi connectivity index (χ2n) is 4.86. The van der Waals surface area contributed by atoms with Crippen molar-refractivity contribution in [2.24, 2.45) is 5.73 Å². The molecule has 3 nitrogen and oxygen atoms in total. The summed E-state index contributed by atoms with van der Waals surface area (Å²) in [4.78, 5) is 15.6. The van der Waals surface area contributed by atoms with Crippen LogP contribution >= 0.6 is 23.7 Å². The molecule has 1 aliphatic heterocycles. The maximum absolute atomic E-state index is 12.2. The largest absolute Gasteiger partial charge is 0.336 e. The molecule has 0 aromatic carbocycles. The number of nitrogens with zero attached hydrogens (tertiary/aromatic N) is 1. The van der Waals surface area contributed by atoms with E-state index in [1.807, 2.05) is 4.90 Å². The van der Waals surface area contributed by atoms with Gasteiger partial charge in [-0.25, -0.2) is 0 Å². The summed E-state index contributed by atoms with van der Waals surface area (Å²) in [6.45, 7) is 1.60. The Morgan fingerprint density at radius 2 is 2.24 bits per heavy atom. The van der Waals surface area contributed by atoms with Crippen LogP contribution < -0.4 is 5.73 Å². The Morgan fingerprint density at radius 3 is 2.88 bits per heavy atom. The van der Waals surface area contributed by atoms with Gasteiger partial charge >= 0.3 is 0 Å². The van der Waals surface area contributed by atoms with Crippen molar-refractivity contribution in [2.45, 2.75) is 37.8 Å². The van der Waals surface area contributed by atoms with Crippen molar-refractivity contribution in [1.29, 1.82) is 0 Å². The summed E-state index contributed by atoms with van der Waals surface area (Å²) < 4.78 is 0. The van der Waals surface area contributed by atoms with Crippen LogP contribution in [0, 0.1) is 0 Å². The van der Waals surface area contributed by atoms with E-state index in [1.54, 1.807) is 11.3 Å². The highest BCUT2D eigenvalue weighted by atomic mass is 35.5. The van der Waals surface area contributed by atoms with Crippen LogP contribution in [0.25, 0.3) is 0 Å². The van der Waals surface area contributed by atoms with Crippen molar-refractivity contribution >= 4 is 29.7 Å². The minimum Gasteiger partial charge on any atom is -0.336 e. The van der Waals surface area contributed by atoms with Gasteiger partial charge in [0, 0.05) is 18.0 Å². The number of halogens is 1. The molecule has 1 amide bonds. The summed E-state index contributed by atoms with van der Waals surface area (Å²) in [5.41, 5.74) is 6.86. The first-order chi connectivity index (χ1) is 7.69. The maximum Gasteiger partial charge on any atom is 0.242 e. The molecule has 2 N–H and O–H groups in total. The Balaban J connectivity index is 0.00000108. The fraction of sp³-hybridized carbons (Fsp3) is 0.583. The average Bonchev–Trinajstić information content (AvgIpc) is 2.71. The zero-order chi connectivity index (χ0) is 11.2. The Bertz CT molecular complexity index is 428. The summed E-state index contributed by atoms with van der Waals surface area (Å²) in [6.07, 6.45) is 3.81. The third-order valence-electron chi connectivity index (χ3n) is 3.77. The third-order valence-corrected chi connectivity index (χ3v) is 4.79. The lowest BCUT2D eigenvalue weighted by molar-refractivity contribution is -0.141. The summed E-state index contributed by atoms with van der Waals surface area (Å²) in [6, 6.07) is 2.13. The molecule has 0 spiro atoms. The van der Waals surface area contributed by atoms with E-state index in [9.17, 15) is 4.79 Å². The number of carbonyl (C=O) groups is 1. The van der Waals surface area contributed by atoms with Crippen LogP contribution in [0.5, 0.6) is 0 Å². The third kappa shape index (κ3) is 2.09. The highest BCUT2D eigenvalue weighted by molar-refractivity contribution is 7.10. The second kappa shape index (κ2) is 4.59. The molecule has 1 aromatic heterocycles. The molecule has 0 bridgehead atoms. The first kappa shape index (κ1) is 12.9. The van der Waals surface area contributed by atoms with E-state index in [1.165, 1.54) is 10.4 Å². The molecule has 1 saturated carbocycles. The number of amides is 1. The molecule has 5 heteroatoms. The minimum atomic E-state index is -0.534. The normalized spacial score (nSPS) is 21.1. The van der Waals surface area contributed by atoms with Gasteiger partial charge in [0.2, 0.25) is 5.91 Å². The van der Waals surface area contributed by atoms with Gasteiger partial charge in [-0.1, -0.05) is 0 Å². The van der Waals surface area contributed by atoms with E-state index in [4.69, 9.17) is 5.73 Å². The van der Waals surface area contributed by atoms with Gasteiger partial charge in [-0.15, -0.1) is 23.7 Å². The van der Waals surface area contributed by atoms with Gasteiger partial charge < -0.3 is 10.6 Å². The van der Waals surface area contributed by atoms with Crippen LogP contribution in [0.4, 0.5) is 0 Å². The molecule has 1 fully saturated rings. The minimum absolute atomic E-state index is 0. The number of rotatable bonds is 1. The molecule has 0 unspecified atom stereocenters. The second-order valence-corrected chi connectivity index (χ2v) is 5.86. The molecular weight excluding hydrogens is 256 g/mol. The predicted octanol–water partition coefficient (Wildman–Crippen LogP) is 1.94. The number of carbonyl (C=O) groups excluding carboxylic acids is 1. The molecule has 2 heterocycles. The molecule has 3 rings (SSSR count). The van der Waals surface area contributed by atoms with Gasteiger partial charge in [0.05, 0.1) is 5.54 Å². The lowest BCUT2D eigenvalue weighted by atomic mass is 9.76. The molecule has 17 heavy (non-hydrogen) atoms. The van der Waals surface area contributed by atoms with Crippen LogP contribution in [0.15, 0.2) is 11.4 Å². The lowest BCUT2D eigenvalue weighted by Gasteiger charge is -2.41. The molecule has 1 aromatic rings. The monoisotopic (exact) mass is 272 g/mol. The average molecular weight is 273 g/mol. The van der Waals surface area contributed by atoms with Gasteiger partial charge in [0.1, 0.15) is 0 Å². The van der Waals surface area contributed by atoms with Crippen molar-refractivity contribution in [3.63, 3.8) is 0 Å². The summed E-state index contributed by atoms with van der Waals surface area (Å²) in [5.74, 6) is 0.163. The molecule has 0 saturated heterocycles. The van der Waals surface area contributed by atoms with Crippen molar-refractivity contribution in [2.75, 3.05) is 6.54 Å². The topological polar surface area (TPSA) is 46.3 Å². The van der Waals surface area contributed by atoms with E-state index < -0.39 is 5.54 Å². The zero-order valence-corrected chi connectivity index (χ0v) is 11.3. The number of fused-ring (bicyclic) bond motifs is 1. The molecule has 94 valence electrons. The number of thiophene rings is 1. The highest BCUT2D eigenvalue weighted by Gasteiger charge is 2.43. The Labute approximate surface area is 111 Å². The molecule has 0 atom stereocenters. The predicted molar refractivity (Wildman–Crippen MR) is 71.5 cm³/mol. The molecule has 1 aliphatic carbocycles. The van der Waals surface area contributed by atoms with E-state index in [-0.39, 0.29) is 18.3 Å². The van der Waals surface area contributed by atoms with E-state index >= 15 is 0 Å². The standard InChI is InChI=1S/C12H16N2OS.ClH/c13-12(4-1-5-12)11(15)14-6-2-10-9(8-14)3-7-16-10;/h3,7H,1-2,4-6,8,13H2;1H. The Morgan fingerprint density at radius 1 is 1.47 bits per heavy atom. The fourth-order valence-corrected chi connectivity index (χ4v) is 3.40.